The molecule has 2 aromatic heterocycles. The minimum atomic E-state index is -0.547. The van der Waals surface area contributed by atoms with Crippen molar-refractivity contribution >= 4 is 51.5 Å². The third kappa shape index (κ3) is 3.86. The number of methoxy groups -OCH3 is 1. The Bertz CT molecular complexity index is 1240. The van der Waals surface area contributed by atoms with E-state index in [2.05, 4.69) is 15.5 Å². The molecule has 2 aromatic carbocycles. The van der Waals surface area contributed by atoms with E-state index >= 15 is 0 Å². The first kappa shape index (κ1) is 19.5. The first-order chi connectivity index (χ1) is 14.0. The van der Waals surface area contributed by atoms with Crippen LogP contribution in [0, 0.1) is 12.7 Å². The smallest absolute Gasteiger partial charge is 0.234 e. The Kier molecular flexibility index (Phi) is 5.29. The number of anilines is 1. The molecule has 0 aliphatic rings. The van der Waals surface area contributed by atoms with E-state index in [1.807, 2.05) is 35.6 Å². The predicted octanol–water partition coefficient (Wildman–Crippen LogP) is 4.72. The average Bonchev–Trinajstić information content (AvgIpc) is 3.11. The van der Waals surface area contributed by atoms with Crippen LogP contribution in [-0.2, 0) is 4.79 Å². The van der Waals surface area contributed by atoms with Crippen molar-refractivity contribution in [3.63, 3.8) is 0 Å². The maximum absolute atomic E-state index is 13.8. The van der Waals surface area contributed by atoms with E-state index in [0.717, 1.165) is 16.5 Å². The van der Waals surface area contributed by atoms with Crippen molar-refractivity contribution in [3.8, 4) is 5.75 Å². The van der Waals surface area contributed by atoms with Gasteiger partial charge in [-0.2, -0.15) is 0 Å². The number of aromatic nitrogens is 3. The van der Waals surface area contributed by atoms with Gasteiger partial charge >= 0.3 is 0 Å². The summed E-state index contributed by atoms with van der Waals surface area (Å²) in [4.78, 5) is 12.3. The van der Waals surface area contributed by atoms with E-state index in [-0.39, 0.29) is 17.3 Å². The number of aryl methyl sites for hydroxylation is 1. The van der Waals surface area contributed by atoms with Gasteiger partial charge in [0.05, 0.1) is 24.1 Å². The lowest BCUT2D eigenvalue weighted by molar-refractivity contribution is -0.113. The molecule has 6 nitrogen and oxygen atoms in total. The summed E-state index contributed by atoms with van der Waals surface area (Å²) in [5.41, 5.74) is 2.66. The zero-order valence-corrected chi connectivity index (χ0v) is 17.1. The number of ether oxygens (including phenoxy) is 1. The largest absolute Gasteiger partial charge is 0.497 e. The number of pyridine rings is 1. The molecular weight excluding hydrogens is 415 g/mol. The molecular formula is C20H16ClFN4O2S. The van der Waals surface area contributed by atoms with E-state index in [1.165, 1.54) is 30.0 Å². The van der Waals surface area contributed by atoms with E-state index in [4.69, 9.17) is 16.3 Å². The third-order valence-corrected chi connectivity index (χ3v) is 5.57. The maximum Gasteiger partial charge on any atom is 0.234 e. The molecule has 4 rings (SSSR count). The number of nitrogens with one attached hydrogen (secondary N) is 1. The highest BCUT2D eigenvalue weighted by Gasteiger charge is 2.15. The fraction of sp³-hybridized carbons (Fsp3) is 0.150. The lowest BCUT2D eigenvalue weighted by atomic mass is 10.1. The Balaban J connectivity index is 1.62. The number of benzene rings is 2. The van der Waals surface area contributed by atoms with E-state index in [0.29, 0.717) is 21.6 Å². The number of nitrogens with zero attached hydrogens (tertiary/aromatic N) is 3. The number of hydrogen-bond donors (Lipinski definition) is 1. The number of amides is 1. The average molecular weight is 431 g/mol. The SMILES string of the molecule is COc1ccc2c(C)cc3nnc(SCC(=O)Nc4cc(Cl)ccc4F)n3c2c1. The number of hydrogen-bond acceptors (Lipinski definition) is 5. The Morgan fingerprint density at radius 3 is 2.86 bits per heavy atom. The number of halogens is 2. The molecule has 0 unspecified atom stereocenters. The quantitative estimate of drug-likeness (QED) is 0.464. The third-order valence-electron chi connectivity index (χ3n) is 4.41. The number of carbonyl (C=O) groups is 1. The highest BCUT2D eigenvalue weighted by atomic mass is 35.5. The Hall–Kier alpha value is -2.84. The highest BCUT2D eigenvalue weighted by molar-refractivity contribution is 7.99. The second kappa shape index (κ2) is 7.88. The van der Waals surface area contributed by atoms with E-state index in [9.17, 15) is 9.18 Å². The van der Waals surface area contributed by atoms with Crippen molar-refractivity contribution in [1.29, 1.82) is 0 Å². The van der Waals surface area contributed by atoms with Gasteiger partial charge in [-0.3, -0.25) is 9.20 Å². The van der Waals surface area contributed by atoms with Crippen LogP contribution in [0.15, 0.2) is 47.6 Å². The molecule has 0 fully saturated rings. The van der Waals surface area contributed by atoms with Crippen LogP contribution in [-0.4, -0.2) is 33.4 Å². The van der Waals surface area contributed by atoms with Gasteiger partial charge in [-0.05, 0) is 48.9 Å². The minimum Gasteiger partial charge on any atom is -0.497 e. The molecule has 0 spiro atoms. The zero-order chi connectivity index (χ0) is 20.5. The number of fused-ring (bicyclic) bond motifs is 3. The molecule has 148 valence electrons. The van der Waals surface area contributed by atoms with Crippen LogP contribution < -0.4 is 10.1 Å². The molecule has 0 atom stereocenters. The maximum atomic E-state index is 13.8. The molecule has 0 radical (unpaired) electrons. The van der Waals surface area contributed by atoms with Gasteiger partial charge in [0, 0.05) is 16.5 Å². The van der Waals surface area contributed by atoms with Crippen molar-refractivity contribution in [2.24, 2.45) is 0 Å². The summed E-state index contributed by atoms with van der Waals surface area (Å²) < 4.78 is 21.0. The summed E-state index contributed by atoms with van der Waals surface area (Å²) in [6.07, 6.45) is 0. The van der Waals surface area contributed by atoms with Gasteiger partial charge in [0.1, 0.15) is 11.6 Å². The second-order valence-electron chi connectivity index (χ2n) is 6.35. The van der Waals surface area contributed by atoms with E-state index < -0.39 is 5.82 Å². The molecule has 4 aromatic rings. The second-order valence-corrected chi connectivity index (χ2v) is 7.73. The van der Waals surface area contributed by atoms with Crippen molar-refractivity contribution < 1.29 is 13.9 Å². The fourth-order valence-electron chi connectivity index (χ4n) is 3.03. The van der Waals surface area contributed by atoms with E-state index in [1.54, 1.807) is 7.11 Å². The monoisotopic (exact) mass is 430 g/mol. The summed E-state index contributed by atoms with van der Waals surface area (Å²) in [7, 11) is 1.61. The summed E-state index contributed by atoms with van der Waals surface area (Å²) >= 11 is 7.07. The summed E-state index contributed by atoms with van der Waals surface area (Å²) in [5, 5.41) is 12.9. The Morgan fingerprint density at radius 2 is 2.07 bits per heavy atom. The molecule has 0 aliphatic heterocycles. The lowest BCUT2D eigenvalue weighted by Gasteiger charge is -2.09. The van der Waals surface area contributed by atoms with Gasteiger partial charge in [0.2, 0.25) is 5.91 Å². The summed E-state index contributed by atoms with van der Waals surface area (Å²) in [5.74, 6) is -0.175. The Morgan fingerprint density at radius 1 is 1.24 bits per heavy atom. The molecule has 0 bridgehead atoms. The van der Waals surface area contributed by atoms with Gasteiger partial charge in [0.25, 0.3) is 0 Å². The fourth-order valence-corrected chi connectivity index (χ4v) is 3.96. The topological polar surface area (TPSA) is 68.5 Å². The van der Waals surface area contributed by atoms with Gasteiger partial charge in [0.15, 0.2) is 10.8 Å². The van der Waals surface area contributed by atoms with Gasteiger partial charge < -0.3 is 10.1 Å². The minimum absolute atomic E-state index is 0.0338. The van der Waals surface area contributed by atoms with Crippen LogP contribution >= 0.6 is 23.4 Å². The van der Waals surface area contributed by atoms with Crippen molar-refractivity contribution in [1.82, 2.24) is 14.6 Å². The standard InChI is InChI=1S/C20H16ClFN4O2S/c1-11-7-18-24-25-20(26(18)17-9-13(28-2)4-5-14(11)17)29-10-19(27)23-16-8-12(21)3-6-15(16)22/h3-9H,10H2,1-2H3,(H,23,27). The van der Waals surface area contributed by atoms with Gasteiger partial charge in [-0.25, -0.2) is 4.39 Å². The van der Waals surface area contributed by atoms with Crippen LogP contribution in [0.5, 0.6) is 5.75 Å². The number of rotatable bonds is 5. The molecule has 1 amide bonds. The van der Waals surface area contributed by atoms with Gasteiger partial charge in [-0.15, -0.1) is 10.2 Å². The zero-order valence-electron chi connectivity index (χ0n) is 15.6. The molecule has 0 saturated carbocycles. The van der Waals surface area contributed by atoms with Crippen molar-refractivity contribution in [3.05, 3.63) is 58.9 Å². The van der Waals surface area contributed by atoms with Crippen molar-refractivity contribution in [2.75, 3.05) is 18.2 Å². The first-order valence-corrected chi connectivity index (χ1v) is 10.0. The van der Waals surface area contributed by atoms with Crippen LogP contribution in [0.3, 0.4) is 0 Å². The molecule has 0 saturated heterocycles. The van der Waals surface area contributed by atoms with Crippen LogP contribution in [0.25, 0.3) is 16.6 Å². The molecule has 1 N–H and O–H groups in total. The van der Waals surface area contributed by atoms with Crippen LogP contribution in [0.4, 0.5) is 10.1 Å². The van der Waals surface area contributed by atoms with Crippen molar-refractivity contribution in [2.45, 2.75) is 12.1 Å². The molecule has 9 heteroatoms. The lowest BCUT2D eigenvalue weighted by Crippen LogP contribution is -2.15. The Labute approximate surface area is 175 Å². The normalized spacial score (nSPS) is 11.2. The molecule has 29 heavy (non-hydrogen) atoms. The summed E-state index contributed by atoms with van der Waals surface area (Å²) in [6.45, 7) is 2.00. The number of carbonyl (C=O) groups excluding carboxylic acids is 1. The van der Waals surface area contributed by atoms with Crippen LogP contribution in [0.1, 0.15) is 5.56 Å². The number of thioether (sulfide) groups is 1. The molecule has 0 aliphatic carbocycles. The van der Waals surface area contributed by atoms with Crippen LogP contribution in [0.2, 0.25) is 5.02 Å². The highest BCUT2D eigenvalue weighted by Crippen LogP contribution is 2.29. The molecule has 2 heterocycles. The first-order valence-electron chi connectivity index (χ1n) is 8.66. The predicted molar refractivity (Wildman–Crippen MR) is 113 cm³/mol. The summed E-state index contributed by atoms with van der Waals surface area (Å²) in [6, 6.07) is 11.7. The van der Waals surface area contributed by atoms with Gasteiger partial charge in [-0.1, -0.05) is 23.4 Å².